The fraction of sp³-hybridized carbons (Fsp3) is 0.267. The Kier molecular flexibility index (Phi) is 4.18. The van der Waals surface area contributed by atoms with E-state index in [1.165, 1.54) is 23.9 Å². The SMILES string of the molecule is Fc1cc2c(c(CSc3nnnn3Cc3ccco3)c1)OCOC2. The van der Waals surface area contributed by atoms with Crippen LogP contribution in [-0.2, 0) is 23.6 Å². The van der Waals surface area contributed by atoms with Gasteiger partial charge in [0.15, 0.2) is 6.79 Å². The van der Waals surface area contributed by atoms with Crippen molar-refractivity contribution in [2.45, 2.75) is 24.1 Å². The minimum atomic E-state index is -0.311. The molecule has 0 unspecified atom stereocenters. The third-order valence-corrected chi connectivity index (χ3v) is 4.50. The van der Waals surface area contributed by atoms with Gasteiger partial charge in [-0.2, -0.15) is 0 Å². The van der Waals surface area contributed by atoms with Gasteiger partial charge in [0.05, 0.1) is 12.9 Å². The zero-order valence-corrected chi connectivity index (χ0v) is 13.3. The molecule has 3 heterocycles. The average Bonchev–Trinajstić information content (AvgIpc) is 3.25. The molecule has 0 spiro atoms. The minimum absolute atomic E-state index is 0.173. The number of thioether (sulfide) groups is 1. The molecule has 0 radical (unpaired) electrons. The molecule has 0 amide bonds. The quantitative estimate of drug-likeness (QED) is 0.656. The minimum Gasteiger partial charge on any atom is -0.467 e. The van der Waals surface area contributed by atoms with Gasteiger partial charge in [-0.1, -0.05) is 11.8 Å². The van der Waals surface area contributed by atoms with E-state index in [2.05, 4.69) is 15.5 Å². The molecule has 9 heteroatoms. The number of furan rings is 1. The fourth-order valence-electron chi connectivity index (χ4n) is 2.46. The van der Waals surface area contributed by atoms with E-state index >= 15 is 0 Å². The highest BCUT2D eigenvalue weighted by Gasteiger charge is 2.18. The lowest BCUT2D eigenvalue weighted by Crippen LogP contribution is -2.13. The molecule has 124 valence electrons. The van der Waals surface area contributed by atoms with Crippen molar-refractivity contribution in [2.24, 2.45) is 0 Å². The Labute approximate surface area is 140 Å². The molecule has 0 bridgehead atoms. The first-order valence-electron chi connectivity index (χ1n) is 7.23. The van der Waals surface area contributed by atoms with E-state index < -0.39 is 0 Å². The van der Waals surface area contributed by atoms with E-state index in [1.807, 2.05) is 12.1 Å². The normalized spacial score (nSPS) is 13.5. The van der Waals surface area contributed by atoms with Crippen molar-refractivity contribution in [1.82, 2.24) is 20.2 Å². The Morgan fingerprint density at radius 2 is 2.29 bits per heavy atom. The maximum atomic E-state index is 13.8. The van der Waals surface area contributed by atoms with Crippen molar-refractivity contribution in [1.29, 1.82) is 0 Å². The molecule has 0 saturated heterocycles. The number of hydrogen-bond donors (Lipinski definition) is 0. The zero-order valence-electron chi connectivity index (χ0n) is 12.5. The topological polar surface area (TPSA) is 75.2 Å². The van der Waals surface area contributed by atoms with Crippen LogP contribution in [0, 0.1) is 5.82 Å². The Hall–Kier alpha value is -2.39. The largest absolute Gasteiger partial charge is 0.467 e. The Morgan fingerprint density at radius 3 is 3.17 bits per heavy atom. The third-order valence-electron chi connectivity index (χ3n) is 3.49. The van der Waals surface area contributed by atoms with Crippen molar-refractivity contribution in [3.8, 4) is 5.75 Å². The molecule has 24 heavy (non-hydrogen) atoms. The molecule has 4 rings (SSSR count). The van der Waals surface area contributed by atoms with Crippen molar-refractivity contribution in [3.05, 3.63) is 53.2 Å². The summed E-state index contributed by atoms with van der Waals surface area (Å²) >= 11 is 1.41. The highest BCUT2D eigenvalue weighted by atomic mass is 32.2. The summed E-state index contributed by atoms with van der Waals surface area (Å²) in [4.78, 5) is 0. The summed E-state index contributed by atoms with van der Waals surface area (Å²) in [6, 6.07) is 6.57. The second-order valence-electron chi connectivity index (χ2n) is 5.15. The number of hydrogen-bond acceptors (Lipinski definition) is 7. The van der Waals surface area contributed by atoms with Crippen molar-refractivity contribution in [2.75, 3.05) is 6.79 Å². The second-order valence-corrected chi connectivity index (χ2v) is 6.09. The van der Waals surface area contributed by atoms with Gasteiger partial charge in [-0.15, -0.1) is 5.10 Å². The number of benzene rings is 1. The first-order chi connectivity index (χ1) is 11.8. The van der Waals surface area contributed by atoms with Gasteiger partial charge in [0.1, 0.15) is 23.9 Å². The molecule has 0 fully saturated rings. The maximum Gasteiger partial charge on any atom is 0.210 e. The summed E-state index contributed by atoms with van der Waals surface area (Å²) in [5, 5.41) is 12.3. The van der Waals surface area contributed by atoms with Gasteiger partial charge < -0.3 is 13.9 Å². The number of tetrazole rings is 1. The van der Waals surface area contributed by atoms with Gasteiger partial charge in [0.2, 0.25) is 5.16 Å². The van der Waals surface area contributed by atoms with Gasteiger partial charge in [-0.05, 0) is 34.7 Å². The molecule has 1 aliphatic rings. The van der Waals surface area contributed by atoms with E-state index in [0.29, 0.717) is 35.4 Å². The first kappa shape index (κ1) is 15.2. The Bertz CT molecular complexity index is 837. The zero-order chi connectivity index (χ0) is 16.4. The molecule has 2 aromatic heterocycles. The van der Waals surface area contributed by atoms with E-state index in [0.717, 1.165) is 11.3 Å². The average molecular weight is 348 g/mol. The molecule has 1 aromatic carbocycles. The lowest BCUT2D eigenvalue weighted by Gasteiger charge is -2.20. The van der Waals surface area contributed by atoms with Crippen LogP contribution in [0.25, 0.3) is 0 Å². The predicted molar refractivity (Wildman–Crippen MR) is 81.9 cm³/mol. The molecule has 0 N–H and O–H groups in total. The highest BCUT2D eigenvalue weighted by molar-refractivity contribution is 7.98. The summed E-state index contributed by atoms with van der Waals surface area (Å²) in [6.45, 7) is 0.960. The van der Waals surface area contributed by atoms with Gasteiger partial charge in [0.25, 0.3) is 0 Å². The highest BCUT2D eigenvalue weighted by Crippen LogP contribution is 2.33. The van der Waals surface area contributed by atoms with Crippen LogP contribution in [0.2, 0.25) is 0 Å². The maximum absolute atomic E-state index is 13.8. The van der Waals surface area contributed by atoms with Crippen LogP contribution in [0.15, 0.2) is 40.1 Å². The Morgan fingerprint density at radius 1 is 1.33 bits per heavy atom. The van der Waals surface area contributed by atoms with Crippen LogP contribution in [-0.4, -0.2) is 27.0 Å². The number of ether oxygens (including phenoxy) is 2. The van der Waals surface area contributed by atoms with Crippen LogP contribution in [0.4, 0.5) is 4.39 Å². The number of fused-ring (bicyclic) bond motifs is 1. The third kappa shape index (κ3) is 3.13. The van der Waals surface area contributed by atoms with Crippen molar-refractivity contribution < 1.29 is 18.3 Å². The summed E-state index contributed by atoms with van der Waals surface area (Å²) in [5.74, 6) is 1.61. The number of nitrogens with zero attached hydrogens (tertiary/aromatic N) is 4. The van der Waals surface area contributed by atoms with Crippen molar-refractivity contribution in [3.63, 3.8) is 0 Å². The van der Waals surface area contributed by atoms with Crippen molar-refractivity contribution >= 4 is 11.8 Å². The summed E-state index contributed by atoms with van der Waals surface area (Å²) in [5.41, 5.74) is 1.47. The summed E-state index contributed by atoms with van der Waals surface area (Å²) in [6.07, 6.45) is 1.60. The molecule has 3 aromatic rings. The standard InChI is InChI=1S/C15H13FN4O3S/c16-12-4-10-7-21-9-23-14(10)11(5-12)8-24-15-17-18-19-20(15)6-13-2-1-3-22-13/h1-5H,6-9H2. The van der Waals surface area contributed by atoms with E-state index in [9.17, 15) is 4.39 Å². The summed E-state index contributed by atoms with van der Waals surface area (Å²) in [7, 11) is 0. The van der Waals surface area contributed by atoms with Gasteiger partial charge in [-0.25, -0.2) is 9.07 Å². The molecule has 0 saturated carbocycles. The first-order valence-corrected chi connectivity index (χ1v) is 8.21. The molecule has 0 atom stereocenters. The number of rotatable bonds is 5. The van der Waals surface area contributed by atoms with Gasteiger partial charge >= 0.3 is 0 Å². The smallest absolute Gasteiger partial charge is 0.210 e. The molecule has 1 aliphatic heterocycles. The number of halogens is 1. The Balaban J connectivity index is 1.52. The monoisotopic (exact) mass is 348 g/mol. The van der Waals surface area contributed by atoms with Crippen LogP contribution >= 0.6 is 11.8 Å². The van der Waals surface area contributed by atoms with Crippen LogP contribution in [0.5, 0.6) is 5.75 Å². The van der Waals surface area contributed by atoms with Crippen LogP contribution < -0.4 is 4.74 Å². The molecule has 7 nitrogen and oxygen atoms in total. The van der Waals surface area contributed by atoms with E-state index in [1.54, 1.807) is 10.9 Å². The lowest BCUT2D eigenvalue weighted by molar-refractivity contribution is -0.0171. The lowest BCUT2D eigenvalue weighted by atomic mass is 10.1. The predicted octanol–water partition coefficient (Wildman–Crippen LogP) is 2.61. The molecule has 0 aliphatic carbocycles. The number of aromatic nitrogens is 4. The second kappa shape index (κ2) is 6.62. The fourth-order valence-corrected chi connectivity index (χ4v) is 3.30. The van der Waals surface area contributed by atoms with E-state index in [4.69, 9.17) is 13.9 Å². The van der Waals surface area contributed by atoms with Crippen LogP contribution in [0.1, 0.15) is 16.9 Å². The van der Waals surface area contributed by atoms with Gasteiger partial charge in [-0.3, -0.25) is 0 Å². The van der Waals surface area contributed by atoms with Crippen LogP contribution in [0.3, 0.4) is 0 Å². The molecular formula is C15H13FN4O3S. The van der Waals surface area contributed by atoms with Gasteiger partial charge in [0, 0.05) is 16.9 Å². The van der Waals surface area contributed by atoms with E-state index in [-0.39, 0.29) is 12.6 Å². The molecular weight excluding hydrogens is 335 g/mol. The summed E-state index contributed by atoms with van der Waals surface area (Å²) < 4.78 is 31.4.